The molecule has 1 aliphatic carbocycles. The summed E-state index contributed by atoms with van der Waals surface area (Å²) in [6.45, 7) is 7.27. The van der Waals surface area contributed by atoms with Crippen LogP contribution in [0.2, 0.25) is 0 Å². The highest BCUT2D eigenvalue weighted by Gasteiger charge is 2.39. The van der Waals surface area contributed by atoms with Gasteiger partial charge in [0.15, 0.2) is 0 Å². The second-order valence-corrected chi connectivity index (χ2v) is 11.1. The molecule has 0 aromatic carbocycles. The highest BCUT2D eigenvalue weighted by molar-refractivity contribution is 5.85. The minimum Gasteiger partial charge on any atom is -0.394 e. The number of ether oxygens (including phenoxy) is 1. The number of fused-ring (bicyclic) bond motifs is 1. The Bertz CT molecular complexity index is 1050. The van der Waals surface area contributed by atoms with Gasteiger partial charge in [0.25, 0.3) is 0 Å². The van der Waals surface area contributed by atoms with Crippen molar-refractivity contribution < 1.29 is 19.4 Å². The van der Waals surface area contributed by atoms with E-state index >= 15 is 0 Å². The summed E-state index contributed by atoms with van der Waals surface area (Å²) in [7, 11) is 1.71. The lowest BCUT2D eigenvalue weighted by Gasteiger charge is -2.33. The molecule has 0 bridgehead atoms. The van der Waals surface area contributed by atoms with Gasteiger partial charge in [-0.2, -0.15) is 0 Å². The van der Waals surface area contributed by atoms with Crippen LogP contribution in [0, 0.1) is 17.8 Å². The molecule has 3 N–H and O–H groups in total. The van der Waals surface area contributed by atoms with Crippen molar-refractivity contribution in [1.82, 2.24) is 25.1 Å². The molecule has 1 saturated heterocycles. The van der Waals surface area contributed by atoms with Crippen LogP contribution in [-0.4, -0.2) is 76.9 Å². The third-order valence-corrected chi connectivity index (χ3v) is 7.47. The lowest BCUT2D eigenvalue weighted by Crippen LogP contribution is -2.51. The van der Waals surface area contributed by atoms with Crippen LogP contribution in [0.3, 0.4) is 0 Å². The van der Waals surface area contributed by atoms with Crippen LogP contribution >= 0.6 is 0 Å². The summed E-state index contributed by atoms with van der Waals surface area (Å²) in [5, 5.41) is 17.1. The number of aromatic nitrogens is 2. The second kappa shape index (κ2) is 12.8. The highest BCUT2D eigenvalue weighted by Crippen LogP contribution is 2.33. The quantitative estimate of drug-likeness (QED) is 0.355. The van der Waals surface area contributed by atoms with E-state index in [1.807, 2.05) is 17.2 Å². The number of aliphatic hydroxyl groups excluding tert-OH is 1. The normalized spacial score (nSPS) is 20.8. The van der Waals surface area contributed by atoms with Crippen LogP contribution in [0.5, 0.6) is 0 Å². The van der Waals surface area contributed by atoms with Crippen molar-refractivity contribution in [3.8, 4) is 0 Å². The third kappa shape index (κ3) is 7.09. The Morgan fingerprint density at radius 1 is 1.30 bits per heavy atom. The average Bonchev–Trinajstić information content (AvgIpc) is 3.69. The number of rotatable bonds is 13. The van der Waals surface area contributed by atoms with Gasteiger partial charge >= 0.3 is 0 Å². The van der Waals surface area contributed by atoms with E-state index in [9.17, 15) is 14.7 Å². The Morgan fingerprint density at radius 3 is 2.78 bits per heavy atom. The van der Waals surface area contributed by atoms with Crippen LogP contribution in [0.15, 0.2) is 24.5 Å². The molecule has 2 fully saturated rings. The molecule has 37 heavy (non-hydrogen) atoms. The lowest BCUT2D eigenvalue weighted by molar-refractivity contribution is -0.139. The van der Waals surface area contributed by atoms with Crippen molar-refractivity contribution in [2.24, 2.45) is 17.8 Å². The molecule has 204 valence electrons. The highest BCUT2D eigenvalue weighted by atomic mass is 16.5. The number of aliphatic hydroxyl groups is 1. The van der Waals surface area contributed by atoms with Crippen molar-refractivity contribution in [3.63, 3.8) is 0 Å². The summed E-state index contributed by atoms with van der Waals surface area (Å²) < 4.78 is 7.38. The van der Waals surface area contributed by atoms with Crippen LogP contribution < -0.4 is 10.6 Å². The number of carbonyl (C=O) groups excluding carboxylic acids is 2. The van der Waals surface area contributed by atoms with Gasteiger partial charge < -0.3 is 29.9 Å². The Kier molecular flexibility index (Phi) is 9.56. The zero-order valence-corrected chi connectivity index (χ0v) is 22.5. The molecule has 0 spiro atoms. The molecule has 2 aromatic rings. The van der Waals surface area contributed by atoms with Gasteiger partial charge in [0, 0.05) is 63.7 Å². The number of methoxy groups -OCH3 is 1. The standard InChI is InChI=1S/C28H43N5O4/c1-19(2)12-23(18-34)31-27(35)20-13-21(15-29-14-20)28(36)33(24-7-8-24)17-22-16-32(10-5-11-37-3)26-25(22)6-4-9-30-26/h4,6,9,16,19-21,23-24,29,34H,5,7-8,10-15,17-18H2,1-3H3,(H,31,35)/t20-,21+,23?/m0/s1. The topological polar surface area (TPSA) is 109 Å². The van der Waals surface area contributed by atoms with Crippen LogP contribution in [0.25, 0.3) is 11.0 Å². The van der Waals surface area contributed by atoms with Gasteiger partial charge in [-0.1, -0.05) is 13.8 Å². The maximum atomic E-state index is 13.8. The molecule has 2 amide bonds. The van der Waals surface area contributed by atoms with E-state index < -0.39 is 0 Å². The first-order valence-corrected chi connectivity index (χ1v) is 13.7. The number of piperidine rings is 1. The fraction of sp³-hybridized carbons (Fsp3) is 0.679. The summed E-state index contributed by atoms with van der Waals surface area (Å²) in [6, 6.07) is 4.04. The first-order chi connectivity index (χ1) is 17.9. The molecule has 3 heterocycles. The number of carbonyl (C=O) groups is 2. The minimum absolute atomic E-state index is 0.0736. The van der Waals surface area contributed by atoms with Crippen molar-refractivity contribution in [2.75, 3.05) is 33.4 Å². The van der Waals surface area contributed by atoms with E-state index in [4.69, 9.17) is 4.74 Å². The van der Waals surface area contributed by atoms with E-state index in [0.717, 1.165) is 48.8 Å². The molecular weight excluding hydrogens is 470 g/mol. The van der Waals surface area contributed by atoms with Crippen molar-refractivity contribution in [3.05, 3.63) is 30.1 Å². The number of nitrogens with one attached hydrogen (secondary N) is 2. The van der Waals surface area contributed by atoms with E-state index in [1.54, 1.807) is 7.11 Å². The van der Waals surface area contributed by atoms with Crippen LogP contribution in [-0.2, 0) is 27.4 Å². The Balaban J connectivity index is 1.45. The zero-order valence-electron chi connectivity index (χ0n) is 22.5. The SMILES string of the molecule is COCCCn1cc(CN(C(=O)[C@H]2CNC[C@@H](C(=O)NC(CO)CC(C)C)C2)C2CC2)c2cccnc21. The molecule has 0 radical (unpaired) electrons. The number of nitrogens with zero attached hydrogens (tertiary/aromatic N) is 3. The average molecular weight is 514 g/mol. The summed E-state index contributed by atoms with van der Waals surface area (Å²) in [6.07, 6.45) is 8.14. The molecule has 3 atom stereocenters. The molecule has 2 aliphatic rings. The van der Waals surface area contributed by atoms with Crippen molar-refractivity contribution >= 4 is 22.8 Å². The lowest BCUT2D eigenvalue weighted by atomic mass is 9.88. The number of aryl methyl sites for hydroxylation is 1. The minimum atomic E-state index is -0.281. The number of hydrogen-bond acceptors (Lipinski definition) is 6. The maximum absolute atomic E-state index is 13.8. The smallest absolute Gasteiger partial charge is 0.227 e. The Labute approximate surface area is 219 Å². The Hall–Kier alpha value is -2.49. The molecule has 1 unspecified atom stereocenters. The van der Waals surface area contributed by atoms with Gasteiger partial charge in [-0.15, -0.1) is 0 Å². The van der Waals surface area contributed by atoms with Crippen LogP contribution in [0.1, 0.15) is 51.5 Å². The second-order valence-electron chi connectivity index (χ2n) is 11.1. The monoisotopic (exact) mass is 513 g/mol. The molecule has 4 rings (SSSR count). The van der Waals surface area contributed by atoms with Gasteiger partial charge in [-0.3, -0.25) is 9.59 Å². The molecule has 1 saturated carbocycles. The van der Waals surface area contributed by atoms with Crippen molar-refractivity contribution in [1.29, 1.82) is 0 Å². The largest absolute Gasteiger partial charge is 0.394 e. The van der Waals surface area contributed by atoms with Crippen molar-refractivity contribution in [2.45, 2.75) is 71.1 Å². The summed E-state index contributed by atoms with van der Waals surface area (Å²) in [5.41, 5.74) is 2.05. The molecule has 9 heteroatoms. The van der Waals surface area contributed by atoms with E-state index in [1.165, 1.54) is 0 Å². The fourth-order valence-corrected chi connectivity index (χ4v) is 5.46. The predicted molar refractivity (Wildman–Crippen MR) is 143 cm³/mol. The predicted octanol–water partition coefficient (Wildman–Crippen LogP) is 2.31. The molecule has 9 nitrogen and oxygen atoms in total. The van der Waals surface area contributed by atoms with Gasteiger partial charge in [0.1, 0.15) is 5.65 Å². The molecular formula is C28H43N5O4. The number of amides is 2. The summed E-state index contributed by atoms with van der Waals surface area (Å²) in [5.74, 6) is -0.0947. The zero-order chi connectivity index (χ0) is 26.4. The maximum Gasteiger partial charge on any atom is 0.227 e. The van der Waals surface area contributed by atoms with Crippen LogP contribution in [0.4, 0.5) is 0 Å². The van der Waals surface area contributed by atoms with Gasteiger partial charge in [0.05, 0.1) is 24.5 Å². The molecule has 1 aliphatic heterocycles. The molecule has 2 aromatic heterocycles. The van der Waals surface area contributed by atoms with E-state index in [2.05, 4.69) is 46.3 Å². The number of pyridine rings is 1. The summed E-state index contributed by atoms with van der Waals surface area (Å²) in [4.78, 5) is 33.4. The fourth-order valence-electron chi connectivity index (χ4n) is 5.46. The first-order valence-electron chi connectivity index (χ1n) is 13.7. The van der Waals surface area contributed by atoms with Gasteiger partial charge in [-0.25, -0.2) is 4.98 Å². The Morgan fingerprint density at radius 2 is 2.08 bits per heavy atom. The number of hydrogen-bond donors (Lipinski definition) is 3. The first kappa shape index (κ1) is 27.5. The third-order valence-electron chi connectivity index (χ3n) is 7.47. The van der Waals surface area contributed by atoms with E-state index in [0.29, 0.717) is 38.6 Å². The van der Waals surface area contributed by atoms with Gasteiger partial charge in [0.2, 0.25) is 11.8 Å². The summed E-state index contributed by atoms with van der Waals surface area (Å²) >= 11 is 0. The van der Waals surface area contributed by atoms with E-state index in [-0.39, 0.29) is 42.3 Å². The van der Waals surface area contributed by atoms with Gasteiger partial charge in [-0.05, 0) is 55.7 Å².